The first kappa shape index (κ1) is 18.0. The Morgan fingerprint density at radius 2 is 1.96 bits per heavy atom. The number of thiophene rings is 1. The van der Waals surface area contributed by atoms with E-state index in [0.717, 1.165) is 37.1 Å². The van der Waals surface area contributed by atoms with Crippen LogP contribution in [-0.4, -0.2) is 47.1 Å². The third-order valence-electron chi connectivity index (χ3n) is 5.96. The average Bonchev–Trinajstić information content (AvgIpc) is 3.32. The summed E-state index contributed by atoms with van der Waals surface area (Å²) in [5.74, 6) is -0.0127. The van der Waals surface area contributed by atoms with Gasteiger partial charge in [-0.2, -0.15) is 0 Å². The van der Waals surface area contributed by atoms with Crippen LogP contribution in [0.15, 0.2) is 6.07 Å². The van der Waals surface area contributed by atoms with E-state index in [1.807, 2.05) is 0 Å². The predicted molar refractivity (Wildman–Crippen MR) is 102 cm³/mol. The summed E-state index contributed by atoms with van der Waals surface area (Å²) in [4.78, 5) is 28.1. The summed E-state index contributed by atoms with van der Waals surface area (Å²) in [5.41, 5.74) is 1.38. The van der Waals surface area contributed by atoms with Gasteiger partial charge in [-0.15, -0.1) is 11.3 Å². The van der Waals surface area contributed by atoms with Crippen LogP contribution in [0.25, 0.3) is 0 Å². The van der Waals surface area contributed by atoms with Crippen molar-refractivity contribution in [2.45, 2.75) is 69.9 Å². The molecule has 1 aromatic rings. The van der Waals surface area contributed by atoms with Crippen LogP contribution in [0.1, 0.15) is 65.1 Å². The van der Waals surface area contributed by atoms with Crippen LogP contribution in [0.3, 0.4) is 0 Å². The number of aliphatic carboxylic acids is 1. The fraction of sp³-hybridized carbons (Fsp3) is 0.700. The smallest absolute Gasteiger partial charge is 0.317 e. The fourth-order valence-electron chi connectivity index (χ4n) is 4.19. The molecule has 2 N–H and O–H groups in total. The zero-order valence-corrected chi connectivity index (χ0v) is 16.0. The van der Waals surface area contributed by atoms with Crippen molar-refractivity contribution in [3.8, 4) is 0 Å². The van der Waals surface area contributed by atoms with Gasteiger partial charge < -0.3 is 10.4 Å². The van der Waals surface area contributed by atoms with Gasteiger partial charge in [0.1, 0.15) is 0 Å². The molecule has 142 valence electrons. The van der Waals surface area contributed by atoms with Gasteiger partial charge in [-0.3, -0.25) is 14.5 Å². The minimum absolute atomic E-state index is 0.0542. The largest absolute Gasteiger partial charge is 0.480 e. The van der Waals surface area contributed by atoms with E-state index in [0.29, 0.717) is 12.0 Å². The zero-order chi connectivity index (χ0) is 18.1. The minimum atomic E-state index is -0.752. The number of hydrogen-bond donors (Lipinski definition) is 2. The van der Waals surface area contributed by atoms with Crippen molar-refractivity contribution in [3.05, 3.63) is 21.4 Å². The molecule has 0 unspecified atom stereocenters. The van der Waals surface area contributed by atoms with Crippen LogP contribution in [0.5, 0.6) is 0 Å². The Hall–Kier alpha value is -1.40. The molecule has 0 atom stereocenters. The van der Waals surface area contributed by atoms with Crippen molar-refractivity contribution in [1.29, 1.82) is 0 Å². The maximum atomic E-state index is 12.6. The number of nitrogens with zero attached hydrogens (tertiary/aromatic N) is 1. The molecule has 0 saturated heterocycles. The van der Waals surface area contributed by atoms with Crippen LogP contribution in [-0.2, 0) is 17.6 Å². The van der Waals surface area contributed by atoms with E-state index in [9.17, 15) is 9.59 Å². The number of hydrogen-bond acceptors (Lipinski definition) is 4. The first-order chi connectivity index (χ1) is 12.6. The number of amides is 1. The number of rotatable bonds is 7. The van der Waals surface area contributed by atoms with Crippen molar-refractivity contribution < 1.29 is 14.7 Å². The second-order valence-corrected chi connectivity index (χ2v) is 9.32. The lowest BCUT2D eigenvalue weighted by Crippen LogP contribution is -2.55. The summed E-state index contributed by atoms with van der Waals surface area (Å²) < 4.78 is 0. The number of carboxylic acid groups (broad SMARTS) is 1. The van der Waals surface area contributed by atoms with E-state index in [1.54, 1.807) is 11.3 Å². The minimum Gasteiger partial charge on any atom is -0.480 e. The normalized spacial score (nSPS) is 25.3. The molecule has 2 saturated carbocycles. The molecule has 6 heteroatoms. The van der Waals surface area contributed by atoms with Crippen molar-refractivity contribution in [1.82, 2.24) is 10.2 Å². The molecule has 1 aromatic heterocycles. The van der Waals surface area contributed by atoms with Gasteiger partial charge in [-0.1, -0.05) is 6.42 Å². The molecular weight excluding hydrogens is 348 g/mol. The molecule has 2 fully saturated rings. The Labute approximate surface area is 158 Å². The first-order valence-electron chi connectivity index (χ1n) is 9.97. The van der Waals surface area contributed by atoms with Crippen molar-refractivity contribution in [2.75, 3.05) is 13.1 Å². The molecule has 0 spiro atoms. The molecule has 5 nitrogen and oxygen atoms in total. The van der Waals surface area contributed by atoms with Crippen LogP contribution in [0, 0.1) is 5.92 Å². The van der Waals surface area contributed by atoms with Gasteiger partial charge in [0.25, 0.3) is 5.91 Å². The fourth-order valence-corrected chi connectivity index (χ4v) is 5.34. The lowest BCUT2D eigenvalue weighted by molar-refractivity contribution is -0.139. The molecule has 26 heavy (non-hydrogen) atoms. The maximum absolute atomic E-state index is 12.6. The number of carboxylic acids is 1. The third kappa shape index (κ3) is 4.29. The average molecular weight is 377 g/mol. The number of nitrogens with one attached hydrogen (secondary N) is 1. The Kier molecular flexibility index (Phi) is 5.32. The topological polar surface area (TPSA) is 69.6 Å². The molecular formula is C20H28N2O3S. The molecule has 1 amide bonds. The van der Waals surface area contributed by atoms with Gasteiger partial charge in [0.15, 0.2) is 0 Å². The van der Waals surface area contributed by atoms with E-state index in [1.165, 1.54) is 42.5 Å². The van der Waals surface area contributed by atoms with Gasteiger partial charge in [0.2, 0.25) is 0 Å². The Bertz CT molecular complexity index is 653. The van der Waals surface area contributed by atoms with Gasteiger partial charge in [0, 0.05) is 23.5 Å². The van der Waals surface area contributed by atoms with E-state index in [4.69, 9.17) is 5.11 Å². The Morgan fingerprint density at radius 1 is 1.19 bits per heavy atom. The highest BCUT2D eigenvalue weighted by atomic mass is 32.1. The van der Waals surface area contributed by atoms with Gasteiger partial charge >= 0.3 is 5.97 Å². The summed E-state index contributed by atoms with van der Waals surface area (Å²) in [6.07, 6.45) is 10.2. The van der Waals surface area contributed by atoms with Crippen LogP contribution < -0.4 is 5.32 Å². The molecule has 0 aliphatic heterocycles. The highest BCUT2D eigenvalue weighted by molar-refractivity contribution is 7.14. The van der Waals surface area contributed by atoms with Gasteiger partial charge in [0.05, 0.1) is 11.4 Å². The second-order valence-electron chi connectivity index (χ2n) is 8.18. The highest BCUT2D eigenvalue weighted by Crippen LogP contribution is 2.34. The van der Waals surface area contributed by atoms with E-state index >= 15 is 0 Å². The summed E-state index contributed by atoms with van der Waals surface area (Å²) in [6.45, 7) is 1.02. The SMILES string of the molecule is O=C(O)CN(CC1CC1)C1CC(NC(=O)c2cc3c(s2)CCCCC3)C1. The molecule has 4 rings (SSSR count). The summed E-state index contributed by atoms with van der Waals surface area (Å²) in [6, 6.07) is 2.59. The van der Waals surface area contributed by atoms with Crippen molar-refractivity contribution >= 4 is 23.2 Å². The van der Waals surface area contributed by atoms with Crippen LogP contribution >= 0.6 is 11.3 Å². The molecule has 3 aliphatic carbocycles. The maximum Gasteiger partial charge on any atom is 0.317 e. The quantitative estimate of drug-likeness (QED) is 0.718. The van der Waals surface area contributed by atoms with E-state index in [2.05, 4.69) is 16.3 Å². The third-order valence-corrected chi connectivity index (χ3v) is 7.20. The number of fused-ring (bicyclic) bond motifs is 1. The number of carbonyl (C=O) groups excluding carboxylic acids is 1. The molecule has 0 aromatic carbocycles. The predicted octanol–water partition coefficient (Wildman–Crippen LogP) is 3.07. The lowest BCUT2D eigenvalue weighted by Gasteiger charge is -2.42. The zero-order valence-electron chi connectivity index (χ0n) is 15.2. The lowest BCUT2D eigenvalue weighted by atomic mass is 9.85. The van der Waals surface area contributed by atoms with E-state index in [-0.39, 0.29) is 18.5 Å². The second kappa shape index (κ2) is 7.69. The van der Waals surface area contributed by atoms with Crippen LogP contribution in [0.2, 0.25) is 0 Å². The Morgan fingerprint density at radius 3 is 2.69 bits per heavy atom. The molecule has 0 radical (unpaired) electrons. The van der Waals surface area contributed by atoms with E-state index < -0.39 is 5.97 Å². The molecule has 0 bridgehead atoms. The number of carbonyl (C=O) groups is 2. The summed E-state index contributed by atoms with van der Waals surface area (Å²) in [5, 5.41) is 12.3. The summed E-state index contributed by atoms with van der Waals surface area (Å²) >= 11 is 1.67. The molecule has 3 aliphatic rings. The highest BCUT2D eigenvalue weighted by Gasteiger charge is 2.38. The standard InChI is InChI=1S/C20H28N2O3S/c23-19(24)12-22(11-13-6-7-13)16-9-15(10-16)21-20(25)18-8-14-4-2-1-3-5-17(14)26-18/h8,13,15-16H,1-7,9-12H2,(H,21,25)(H,23,24). The van der Waals surface area contributed by atoms with Crippen LogP contribution in [0.4, 0.5) is 0 Å². The first-order valence-corrected chi connectivity index (χ1v) is 10.8. The van der Waals surface area contributed by atoms with Gasteiger partial charge in [-0.25, -0.2) is 0 Å². The number of aryl methyl sites for hydroxylation is 2. The van der Waals surface area contributed by atoms with Gasteiger partial charge in [-0.05, 0) is 68.9 Å². The Balaban J connectivity index is 1.29. The molecule has 1 heterocycles. The van der Waals surface area contributed by atoms with Crippen molar-refractivity contribution in [2.24, 2.45) is 5.92 Å². The summed E-state index contributed by atoms with van der Waals surface area (Å²) in [7, 11) is 0. The van der Waals surface area contributed by atoms with Crippen molar-refractivity contribution in [3.63, 3.8) is 0 Å². The monoisotopic (exact) mass is 376 g/mol.